The highest BCUT2D eigenvalue weighted by molar-refractivity contribution is 5.51. The maximum absolute atomic E-state index is 10.3. The molecule has 0 spiro atoms. The molecule has 0 saturated carbocycles. The van der Waals surface area contributed by atoms with Gasteiger partial charge in [-0.05, 0) is 9.91 Å². The molecule has 0 saturated heterocycles. The topological polar surface area (TPSA) is 119 Å². The Balaban J connectivity index is 3.43. The molecule has 1 rings (SSSR count). The molecule has 1 heterocycles. The van der Waals surface area contributed by atoms with Crippen LogP contribution in [0.1, 0.15) is 5.69 Å². The second-order valence-electron chi connectivity index (χ2n) is 2.45. The Hall–Kier alpha value is -2.25. The van der Waals surface area contributed by atoms with Gasteiger partial charge in [-0.15, -0.1) is 0 Å². The first-order valence-electron chi connectivity index (χ1n) is 3.43. The molecule has 0 aliphatic carbocycles. The molecule has 0 aliphatic heterocycles. The Morgan fingerprint density at radius 2 is 1.93 bits per heavy atom. The molecular formula is C6H5N3O5. The van der Waals surface area contributed by atoms with Crippen LogP contribution in [0.5, 0.6) is 5.75 Å². The van der Waals surface area contributed by atoms with Crippen LogP contribution in [0.2, 0.25) is 0 Å². The van der Waals surface area contributed by atoms with E-state index in [0.717, 1.165) is 0 Å². The Morgan fingerprint density at radius 3 is 2.36 bits per heavy atom. The van der Waals surface area contributed by atoms with Gasteiger partial charge in [-0.3, -0.25) is 10.1 Å². The van der Waals surface area contributed by atoms with E-state index in [9.17, 15) is 20.2 Å². The van der Waals surface area contributed by atoms with Gasteiger partial charge in [0.05, 0.1) is 4.92 Å². The Labute approximate surface area is 77.1 Å². The van der Waals surface area contributed by atoms with E-state index in [2.05, 4.69) is 4.98 Å². The van der Waals surface area contributed by atoms with Crippen LogP contribution in [-0.2, 0) is 0 Å². The Kier molecular flexibility index (Phi) is 2.28. The summed E-state index contributed by atoms with van der Waals surface area (Å²) < 4.78 is 0. The van der Waals surface area contributed by atoms with Crippen molar-refractivity contribution in [1.29, 1.82) is 0 Å². The summed E-state index contributed by atoms with van der Waals surface area (Å²) in [5.74, 6) is -1.31. The second kappa shape index (κ2) is 3.24. The van der Waals surface area contributed by atoms with Gasteiger partial charge in [0.2, 0.25) is 5.75 Å². The van der Waals surface area contributed by atoms with Crippen LogP contribution < -0.4 is 0 Å². The first-order chi connectivity index (χ1) is 6.43. The van der Waals surface area contributed by atoms with Gasteiger partial charge in [-0.1, -0.05) is 0 Å². The molecule has 0 aromatic carbocycles. The van der Waals surface area contributed by atoms with E-state index in [0.29, 0.717) is 6.07 Å². The highest BCUT2D eigenvalue weighted by Gasteiger charge is 2.24. The third-order valence-electron chi connectivity index (χ3n) is 1.52. The molecule has 74 valence electrons. The SMILES string of the molecule is Cc1nc([N+](=O)[O-])cc([N+](=O)[O-])c1O. The van der Waals surface area contributed by atoms with Gasteiger partial charge in [0.15, 0.2) is 5.69 Å². The van der Waals surface area contributed by atoms with Crippen molar-refractivity contribution in [2.24, 2.45) is 0 Å². The number of nitrogens with zero attached hydrogens (tertiary/aromatic N) is 3. The van der Waals surface area contributed by atoms with E-state index in [1.54, 1.807) is 0 Å². The predicted molar refractivity (Wildman–Crippen MR) is 43.9 cm³/mol. The molecular weight excluding hydrogens is 194 g/mol. The minimum Gasteiger partial charge on any atom is -0.499 e. The molecule has 8 heteroatoms. The molecule has 0 atom stereocenters. The number of aryl methyl sites for hydroxylation is 1. The van der Waals surface area contributed by atoms with Gasteiger partial charge in [0, 0.05) is 6.92 Å². The van der Waals surface area contributed by atoms with Crippen molar-refractivity contribution in [3.05, 3.63) is 32.0 Å². The summed E-state index contributed by atoms with van der Waals surface area (Å²) in [4.78, 5) is 22.2. The monoisotopic (exact) mass is 199 g/mol. The zero-order valence-corrected chi connectivity index (χ0v) is 7.00. The molecule has 0 fully saturated rings. The third-order valence-corrected chi connectivity index (χ3v) is 1.52. The van der Waals surface area contributed by atoms with Gasteiger partial charge in [0.25, 0.3) is 0 Å². The summed E-state index contributed by atoms with van der Waals surface area (Å²) in [5, 5.41) is 29.8. The van der Waals surface area contributed by atoms with Gasteiger partial charge >= 0.3 is 11.5 Å². The molecule has 0 bridgehead atoms. The lowest BCUT2D eigenvalue weighted by Crippen LogP contribution is -1.98. The van der Waals surface area contributed by atoms with Crippen LogP contribution in [0.15, 0.2) is 6.07 Å². The van der Waals surface area contributed by atoms with E-state index < -0.39 is 27.1 Å². The van der Waals surface area contributed by atoms with Crippen LogP contribution in [0.3, 0.4) is 0 Å². The third kappa shape index (κ3) is 1.58. The lowest BCUT2D eigenvalue weighted by atomic mass is 10.3. The fourth-order valence-corrected chi connectivity index (χ4v) is 0.866. The zero-order chi connectivity index (χ0) is 10.9. The summed E-state index contributed by atoms with van der Waals surface area (Å²) in [6.45, 7) is 1.25. The number of aromatic hydroxyl groups is 1. The maximum atomic E-state index is 10.3. The molecule has 0 unspecified atom stereocenters. The van der Waals surface area contributed by atoms with E-state index in [-0.39, 0.29) is 5.69 Å². The first kappa shape index (κ1) is 9.84. The second-order valence-corrected chi connectivity index (χ2v) is 2.45. The maximum Gasteiger partial charge on any atom is 0.370 e. The van der Waals surface area contributed by atoms with Crippen LogP contribution in [0.25, 0.3) is 0 Å². The quantitative estimate of drug-likeness (QED) is 0.558. The summed E-state index contributed by atoms with van der Waals surface area (Å²) in [5.41, 5.74) is -0.866. The van der Waals surface area contributed by atoms with E-state index in [4.69, 9.17) is 5.11 Å². The molecule has 0 aliphatic rings. The summed E-state index contributed by atoms with van der Waals surface area (Å²) >= 11 is 0. The number of pyridine rings is 1. The predicted octanol–water partition coefficient (Wildman–Crippen LogP) is 0.912. The smallest absolute Gasteiger partial charge is 0.370 e. The van der Waals surface area contributed by atoms with Gasteiger partial charge < -0.3 is 15.2 Å². The summed E-state index contributed by atoms with van der Waals surface area (Å²) in [6.07, 6.45) is 0. The van der Waals surface area contributed by atoms with Crippen molar-refractivity contribution in [1.82, 2.24) is 4.98 Å². The number of aromatic nitrogens is 1. The largest absolute Gasteiger partial charge is 0.499 e. The standard InChI is InChI=1S/C6H5N3O5/c1-3-6(10)4(8(11)12)2-5(7-3)9(13)14/h2,10H,1H3. The van der Waals surface area contributed by atoms with Crippen LogP contribution in [0.4, 0.5) is 11.5 Å². The number of rotatable bonds is 2. The molecule has 0 radical (unpaired) electrons. The summed E-state index contributed by atoms with van der Waals surface area (Å²) in [7, 11) is 0. The lowest BCUT2D eigenvalue weighted by molar-refractivity contribution is -0.397. The van der Waals surface area contributed by atoms with Crippen molar-refractivity contribution < 1.29 is 15.0 Å². The highest BCUT2D eigenvalue weighted by atomic mass is 16.6. The minimum absolute atomic E-state index is 0.147. The van der Waals surface area contributed by atoms with E-state index in [1.807, 2.05) is 0 Å². The fraction of sp³-hybridized carbons (Fsp3) is 0.167. The Bertz CT molecular complexity index is 416. The van der Waals surface area contributed by atoms with Gasteiger partial charge in [0.1, 0.15) is 6.07 Å². The summed E-state index contributed by atoms with van der Waals surface area (Å²) in [6, 6.07) is 0.613. The average molecular weight is 199 g/mol. The number of hydrogen-bond donors (Lipinski definition) is 1. The molecule has 1 aromatic heterocycles. The van der Waals surface area contributed by atoms with Gasteiger partial charge in [-0.25, -0.2) is 0 Å². The van der Waals surface area contributed by atoms with Crippen molar-refractivity contribution in [2.75, 3.05) is 0 Å². The van der Waals surface area contributed by atoms with Crippen molar-refractivity contribution in [3.8, 4) is 5.75 Å². The lowest BCUT2D eigenvalue weighted by Gasteiger charge is -1.96. The van der Waals surface area contributed by atoms with Crippen LogP contribution in [0, 0.1) is 27.2 Å². The molecule has 14 heavy (non-hydrogen) atoms. The Morgan fingerprint density at radius 1 is 1.36 bits per heavy atom. The molecule has 0 amide bonds. The molecule has 8 nitrogen and oxygen atoms in total. The first-order valence-corrected chi connectivity index (χ1v) is 3.43. The average Bonchev–Trinajstić information content (AvgIpc) is 2.08. The van der Waals surface area contributed by atoms with Crippen molar-refractivity contribution in [3.63, 3.8) is 0 Å². The fourth-order valence-electron chi connectivity index (χ4n) is 0.866. The van der Waals surface area contributed by atoms with Gasteiger partial charge in [-0.2, -0.15) is 0 Å². The van der Waals surface area contributed by atoms with E-state index >= 15 is 0 Å². The molecule has 1 N–H and O–H groups in total. The van der Waals surface area contributed by atoms with Crippen molar-refractivity contribution >= 4 is 11.5 Å². The number of hydrogen-bond acceptors (Lipinski definition) is 6. The normalized spacial score (nSPS) is 9.79. The minimum atomic E-state index is -0.906. The van der Waals surface area contributed by atoms with E-state index in [1.165, 1.54) is 6.92 Å². The van der Waals surface area contributed by atoms with Crippen LogP contribution >= 0.6 is 0 Å². The zero-order valence-electron chi connectivity index (χ0n) is 7.00. The highest BCUT2D eigenvalue weighted by Crippen LogP contribution is 2.30. The number of nitro groups is 2. The van der Waals surface area contributed by atoms with Crippen molar-refractivity contribution in [2.45, 2.75) is 6.92 Å². The molecule has 1 aromatic rings. The van der Waals surface area contributed by atoms with Crippen LogP contribution in [-0.4, -0.2) is 19.9 Å².